The first-order chi connectivity index (χ1) is 11.6. The summed E-state index contributed by atoms with van der Waals surface area (Å²) in [4.78, 5) is 26.0. The Hall–Kier alpha value is -2.08. The zero-order valence-corrected chi connectivity index (χ0v) is 13.9. The molecule has 6 nitrogen and oxygen atoms in total. The highest BCUT2D eigenvalue weighted by atomic mass is 16.5. The number of ether oxygens (including phenoxy) is 2. The van der Waals surface area contributed by atoms with Crippen LogP contribution in [0, 0.1) is 5.92 Å². The van der Waals surface area contributed by atoms with E-state index in [-0.39, 0.29) is 23.4 Å². The highest BCUT2D eigenvalue weighted by molar-refractivity contribution is 5.88. The van der Waals surface area contributed by atoms with E-state index in [0.29, 0.717) is 32.1 Å². The second-order valence-electron chi connectivity index (χ2n) is 6.35. The molecule has 1 atom stereocenters. The quantitative estimate of drug-likeness (QED) is 0.918. The van der Waals surface area contributed by atoms with Gasteiger partial charge in [-0.25, -0.2) is 4.79 Å². The standard InChI is InChI=1S/C18H23NO5/c1-2-15-11-24-16-9-13(18(21)22)3-4-14(16)10-19(15)17(20)12-5-7-23-8-6-12/h3-4,9,12,15H,2,5-8,10-11H2,1H3,(H,21,22). The van der Waals surface area contributed by atoms with Crippen molar-refractivity contribution in [1.82, 2.24) is 4.90 Å². The third kappa shape index (κ3) is 3.38. The summed E-state index contributed by atoms with van der Waals surface area (Å²) < 4.78 is 11.2. The Labute approximate surface area is 141 Å². The van der Waals surface area contributed by atoms with Gasteiger partial charge in [0.15, 0.2) is 0 Å². The Morgan fingerprint density at radius 3 is 2.71 bits per heavy atom. The number of aromatic carboxylic acids is 1. The smallest absolute Gasteiger partial charge is 0.335 e. The molecule has 2 heterocycles. The van der Waals surface area contributed by atoms with Crippen molar-refractivity contribution >= 4 is 11.9 Å². The Balaban J connectivity index is 1.85. The number of rotatable bonds is 3. The van der Waals surface area contributed by atoms with Gasteiger partial charge < -0.3 is 19.5 Å². The fraction of sp³-hybridized carbons (Fsp3) is 0.556. The first-order valence-electron chi connectivity index (χ1n) is 8.47. The highest BCUT2D eigenvalue weighted by Gasteiger charge is 2.33. The molecule has 130 valence electrons. The Kier molecular flexibility index (Phi) is 5.04. The van der Waals surface area contributed by atoms with Crippen molar-refractivity contribution in [2.75, 3.05) is 19.8 Å². The van der Waals surface area contributed by atoms with Crippen molar-refractivity contribution in [2.45, 2.75) is 38.8 Å². The van der Waals surface area contributed by atoms with Crippen LogP contribution in [0.15, 0.2) is 18.2 Å². The zero-order chi connectivity index (χ0) is 17.1. The number of nitrogens with zero attached hydrogens (tertiary/aromatic N) is 1. The maximum absolute atomic E-state index is 13.0. The average molecular weight is 333 g/mol. The number of carboxylic acid groups (broad SMARTS) is 1. The monoisotopic (exact) mass is 333 g/mol. The van der Waals surface area contributed by atoms with E-state index in [1.807, 2.05) is 11.8 Å². The number of carbonyl (C=O) groups is 2. The lowest BCUT2D eigenvalue weighted by Gasteiger charge is -2.33. The fourth-order valence-corrected chi connectivity index (χ4v) is 3.32. The minimum absolute atomic E-state index is 0.000947. The highest BCUT2D eigenvalue weighted by Crippen LogP contribution is 2.29. The first-order valence-corrected chi connectivity index (χ1v) is 8.47. The molecule has 0 saturated carbocycles. The number of hydrogen-bond acceptors (Lipinski definition) is 4. The van der Waals surface area contributed by atoms with Crippen LogP contribution in [0.4, 0.5) is 0 Å². The molecule has 0 aromatic heterocycles. The average Bonchev–Trinajstić information content (AvgIpc) is 2.80. The summed E-state index contributed by atoms with van der Waals surface area (Å²) in [5.41, 5.74) is 1.06. The van der Waals surface area contributed by atoms with E-state index in [2.05, 4.69) is 0 Å². The van der Waals surface area contributed by atoms with Gasteiger partial charge in [-0.2, -0.15) is 0 Å². The molecule has 2 aliphatic heterocycles. The zero-order valence-electron chi connectivity index (χ0n) is 13.9. The van der Waals surface area contributed by atoms with Gasteiger partial charge in [-0.3, -0.25) is 4.79 Å². The van der Waals surface area contributed by atoms with Crippen molar-refractivity contribution in [3.05, 3.63) is 29.3 Å². The molecule has 1 amide bonds. The SMILES string of the molecule is CCC1COc2cc(C(=O)O)ccc2CN1C(=O)C1CCOCC1. The summed E-state index contributed by atoms with van der Waals surface area (Å²) in [6.07, 6.45) is 2.32. The number of benzene rings is 1. The molecule has 1 unspecified atom stereocenters. The van der Waals surface area contributed by atoms with Crippen LogP contribution in [-0.4, -0.2) is 47.7 Å². The maximum Gasteiger partial charge on any atom is 0.335 e. The fourth-order valence-electron chi connectivity index (χ4n) is 3.32. The topological polar surface area (TPSA) is 76.1 Å². The predicted octanol–water partition coefficient (Wildman–Crippen LogP) is 2.31. The van der Waals surface area contributed by atoms with E-state index >= 15 is 0 Å². The minimum atomic E-state index is -0.979. The molecule has 0 aliphatic carbocycles. The normalized spacial score (nSPS) is 21.5. The minimum Gasteiger partial charge on any atom is -0.491 e. The second kappa shape index (κ2) is 7.21. The summed E-state index contributed by atoms with van der Waals surface area (Å²) in [6, 6.07) is 4.86. The van der Waals surface area contributed by atoms with E-state index in [1.165, 1.54) is 0 Å². The van der Waals surface area contributed by atoms with Gasteiger partial charge >= 0.3 is 5.97 Å². The van der Waals surface area contributed by atoms with Gasteiger partial charge in [0.25, 0.3) is 0 Å². The molecular weight excluding hydrogens is 310 g/mol. The molecule has 1 N–H and O–H groups in total. The molecular formula is C18H23NO5. The predicted molar refractivity (Wildman–Crippen MR) is 87.1 cm³/mol. The molecule has 24 heavy (non-hydrogen) atoms. The van der Waals surface area contributed by atoms with E-state index < -0.39 is 5.97 Å². The summed E-state index contributed by atoms with van der Waals surface area (Å²) >= 11 is 0. The van der Waals surface area contributed by atoms with Crippen molar-refractivity contribution in [3.8, 4) is 5.75 Å². The van der Waals surface area contributed by atoms with Crippen molar-refractivity contribution in [2.24, 2.45) is 5.92 Å². The Bertz CT molecular complexity index is 624. The van der Waals surface area contributed by atoms with Gasteiger partial charge in [-0.1, -0.05) is 13.0 Å². The molecule has 2 aliphatic rings. The van der Waals surface area contributed by atoms with Crippen LogP contribution in [-0.2, 0) is 16.1 Å². The molecule has 0 radical (unpaired) electrons. The van der Waals surface area contributed by atoms with E-state index in [9.17, 15) is 9.59 Å². The Morgan fingerprint density at radius 2 is 2.04 bits per heavy atom. The molecule has 3 rings (SSSR count). The summed E-state index contributed by atoms with van der Waals surface area (Å²) in [5.74, 6) is -0.250. The van der Waals surface area contributed by atoms with Crippen LogP contribution in [0.2, 0.25) is 0 Å². The van der Waals surface area contributed by atoms with Crippen LogP contribution in [0.5, 0.6) is 5.75 Å². The maximum atomic E-state index is 13.0. The second-order valence-corrected chi connectivity index (χ2v) is 6.35. The van der Waals surface area contributed by atoms with Crippen molar-refractivity contribution in [1.29, 1.82) is 0 Å². The van der Waals surface area contributed by atoms with Gasteiger partial charge in [0.2, 0.25) is 5.91 Å². The van der Waals surface area contributed by atoms with Crippen molar-refractivity contribution < 1.29 is 24.2 Å². The molecule has 0 bridgehead atoms. The lowest BCUT2D eigenvalue weighted by molar-refractivity contribution is -0.142. The largest absolute Gasteiger partial charge is 0.491 e. The van der Waals surface area contributed by atoms with Gasteiger partial charge in [-0.15, -0.1) is 0 Å². The van der Waals surface area contributed by atoms with E-state index in [0.717, 1.165) is 24.8 Å². The van der Waals surface area contributed by atoms with E-state index in [4.69, 9.17) is 14.6 Å². The molecule has 0 spiro atoms. The molecule has 1 aromatic rings. The lowest BCUT2D eigenvalue weighted by Crippen LogP contribution is -2.45. The van der Waals surface area contributed by atoms with Crippen LogP contribution in [0.1, 0.15) is 42.1 Å². The molecule has 1 saturated heterocycles. The molecule has 6 heteroatoms. The number of hydrogen-bond donors (Lipinski definition) is 1. The van der Waals surface area contributed by atoms with Gasteiger partial charge in [0, 0.05) is 31.2 Å². The molecule has 1 fully saturated rings. The van der Waals surface area contributed by atoms with Crippen LogP contribution >= 0.6 is 0 Å². The summed E-state index contributed by atoms with van der Waals surface area (Å²) in [7, 11) is 0. The number of fused-ring (bicyclic) bond motifs is 1. The third-order valence-electron chi connectivity index (χ3n) is 4.85. The van der Waals surface area contributed by atoms with Gasteiger partial charge in [-0.05, 0) is 31.4 Å². The van der Waals surface area contributed by atoms with Crippen LogP contribution in [0.3, 0.4) is 0 Å². The van der Waals surface area contributed by atoms with Crippen molar-refractivity contribution in [3.63, 3.8) is 0 Å². The van der Waals surface area contributed by atoms with Crippen LogP contribution < -0.4 is 4.74 Å². The van der Waals surface area contributed by atoms with E-state index in [1.54, 1.807) is 18.2 Å². The summed E-state index contributed by atoms with van der Waals surface area (Å²) in [6.45, 7) is 4.16. The molecule has 1 aromatic carbocycles. The number of amides is 1. The van der Waals surface area contributed by atoms with Gasteiger partial charge in [0.05, 0.1) is 11.6 Å². The third-order valence-corrected chi connectivity index (χ3v) is 4.85. The first kappa shape index (κ1) is 16.8. The Morgan fingerprint density at radius 1 is 1.29 bits per heavy atom. The number of carboxylic acids is 1. The number of carbonyl (C=O) groups excluding carboxylic acids is 1. The van der Waals surface area contributed by atoms with Gasteiger partial charge in [0.1, 0.15) is 12.4 Å². The lowest BCUT2D eigenvalue weighted by atomic mass is 9.97. The van der Waals surface area contributed by atoms with Crippen LogP contribution in [0.25, 0.3) is 0 Å². The summed E-state index contributed by atoms with van der Waals surface area (Å²) in [5, 5.41) is 9.13.